The van der Waals surface area contributed by atoms with Gasteiger partial charge in [-0.1, -0.05) is 28.7 Å². The van der Waals surface area contributed by atoms with Crippen LogP contribution >= 0.6 is 22.6 Å². The molecule has 0 radical (unpaired) electrons. The van der Waals surface area contributed by atoms with Crippen LogP contribution in [-0.2, 0) is 0 Å². The number of hydrogen-bond acceptors (Lipinski definition) is 1. The zero-order valence-electron chi connectivity index (χ0n) is 9.11. The molecule has 0 aliphatic rings. The minimum atomic E-state index is 0.506. The first-order valence-corrected chi connectivity index (χ1v) is 5.98. The topological polar surface area (TPSA) is 23.9 Å². The molecule has 1 nitrogen and oxygen atoms in total. The van der Waals surface area contributed by atoms with Crippen LogP contribution in [0.15, 0.2) is 6.07 Å². The number of nitrogens with one attached hydrogen (secondary N) is 1. The molecule has 14 heavy (non-hydrogen) atoms. The van der Waals surface area contributed by atoms with Crippen LogP contribution in [0.2, 0.25) is 0 Å². The van der Waals surface area contributed by atoms with Gasteiger partial charge in [0.25, 0.3) is 0 Å². The van der Waals surface area contributed by atoms with E-state index in [2.05, 4.69) is 56.4 Å². The molecule has 0 bridgehead atoms. The van der Waals surface area contributed by atoms with E-state index in [-0.39, 0.29) is 0 Å². The highest BCUT2D eigenvalue weighted by molar-refractivity contribution is 14.1. The molecule has 0 saturated heterocycles. The Morgan fingerprint density at radius 1 is 1.29 bits per heavy atom. The van der Waals surface area contributed by atoms with E-state index in [0.29, 0.717) is 3.92 Å². The van der Waals surface area contributed by atoms with Crippen LogP contribution < -0.4 is 0 Å². The summed E-state index contributed by atoms with van der Waals surface area (Å²) in [6.45, 7) is 8.53. The molecule has 1 aromatic rings. The van der Waals surface area contributed by atoms with Gasteiger partial charge in [-0.2, -0.15) is 0 Å². The molecule has 1 N–H and O–H groups in total. The zero-order chi connectivity index (χ0) is 10.9. The van der Waals surface area contributed by atoms with Crippen LogP contribution in [0.5, 0.6) is 0 Å². The van der Waals surface area contributed by atoms with E-state index in [1.165, 1.54) is 28.5 Å². The standard InChI is InChI=1S/C12H16IN/c1-7-5-8(2)12(10(4)13)9(3)11(7)6-14/h5-6,10,14H,1-4H3/t10-/m0/s1. The minimum Gasteiger partial charge on any atom is -0.308 e. The van der Waals surface area contributed by atoms with E-state index < -0.39 is 0 Å². The lowest BCUT2D eigenvalue weighted by molar-refractivity contribution is 1.07. The maximum absolute atomic E-state index is 7.41. The summed E-state index contributed by atoms with van der Waals surface area (Å²) in [5, 5.41) is 7.41. The molecule has 0 aliphatic carbocycles. The lowest BCUT2D eigenvalue weighted by Gasteiger charge is -2.16. The molecule has 0 heterocycles. The highest BCUT2D eigenvalue weighted by Crippen LogP contribution is 2.31. The van der Waals surface area contributed by atoms with Gasteiger partial charge >= 0.3 is 0 Å². The van der Waals surface area contributed by atoms with Crippen LogP contribution in [-0.4, -0.2) is 6.21 Å². The molecule has 0 fully saturated rings. The van der Waals surface area contributed by atoms with Gasteiger partial charge in [-0.15, -0.1) is 0 Å². The van der Waals surface area contributed by atoms with Crippen molar-refractivity contribution in [2.45, 2.75) is 31.6 Å². The number of rotatable bonds is 2. The van der Waals surface area contributed by atoms with Crippen LogP contribution in [0.25, 0.3) is 0 Å². The maximum atomic E-state index is 7.41. The first-order chi connectivity index (χ1) is 6.49. The van der Waals surface area contributed by atoms with E-state index in [1.807, 2.05) is 0 Å². The average Bonchev–Trinajstić information content (AvgIpc) is 2.02. The summed E-state index contributed by atoms with van der Waals surface area (Å²) < 4.78 is 0.506. The summed E-state index contributed by atoms with van der Waals surface area (Å²) in [6.07, 6.45) is 1.46. The maximum Gasteiger partial charge on any atom is 0.0336 e. The lowest BCUT2D eigenvalue weighted by Crippen LogP contribution is -2.01. The Morgan fingerprint density at radius 3 is 2.29 bits per heavy atom. The molecule has 76 valence electrons. The predicted molar refractivity (Wildman–Crippen MR) is 71.0 cm³/mol. The van der Waals surface area contributed by atoms with Gasteiger partial charge in [0.15, 0.2) is 0 Å². The SMILES string of the molecule is Cc1cc(C)c([C@H](C)I)c(C)c1C=N. The molecular weight excluding hydrogens is 285 g/mol. The fraction of sp³-hybridized carbons (Fsp3) is 0.417. The second-order valence-electron chi connectivity index (χ2n) is 3.72. The Balaban J connectivity index is 3.51. The van der Waals surface area contributed by atoms with Gasteiger partial charge < -0.3 is 5.41 Å². The molecule has 1 rings (SSSR count). The molecular formula is C12H16IN. The number of aryl methyl sites for hydroxylation is 2. The van der Waals surface area contributed by atoms with Crippen LogP contribution in [0.1, 0.15) is 38.7 Å². The first-order valence-electron chi connectivity index (χ1n) is 4.74. The van der Waals surface area contributed by atoms with Crippen molar-refractivity contribution in [1.29, 1.82) is 5.41 Å². The largest absolute Gasteiger partial charge is 0.308 e. The molecule has 0 spiro atoms. The Bertz CT molecular complexity index is 367. The van der Waals surface area contributed by atoms with Gasteiger partial charge in [0.1, 0.15) is 0 Å². The normalized spacial score (nSPS) is 12.6. The molecule has 0 unspecified atom stereocenters. The van der Waals surface area contributed by atoms with Gasteiger partial charge in [-0.25, -0.2) is 0 Å². The second kappa shape index (κ2) is 4.43. The van der Waals surface area contributed by atoms with Crippen molar-refractivity contribution in [1.82, 2.24) is 0 Å². The Kier molecular flexibility index (Phi) is 3.70. The number of hydrogen-bond donors (Lipinski definition) is 1. The van der Waals surface area contributed by atoms with E-state index in [4.69, 9.17) is 5.41 Å². The molecule has 0 aliphatic heterocycles. The fourth-order valence-corrected chi connectivity index (χ4v) is 3.01. The van der Waals surface area contributed by atoms with Crippen molar-refractivity contribution < 1.29 is 0 Å². The average molecular weight is 301 g/mol. The molecule has 2 heteroatoms. The highest BCUT2D eigenvalue weighted by Gasteiger charge is 2.12. The van der Waals surface area contributed by atoms with Crippen molar-refractivity contribution in [3.8, 4) is 0 Å². The molecule has 0 aromatic heterocycles. The summed E-state index contributed by atoms with van der Waals surface area (Å²) in [7, 11) is 0. The summed E-state index contributed by atoms with van der Waals surface area (Å²) in [5.41, 5.74) is 6.27. The number of benzene rings is 1. The van der Waals surface area contributed by atoms with E-state index >= 15 is 0 Å². The van der Waals surface area contributed by atoms with Crippen LogP contribution in [0, 0.1) is 26.2 Å². The summed E-state index contributed by atoms with van der Waals surface area (Å²) in [4.78, 5) is 0. The predicted octanol–water partition coefficient (Wildman–Crippen LogP) is 4.11. The third-order valence-electron chi connectivity index (χ3n) is 2.63. The van der Waals surface area contributed by atoms with Crippen molar-refractivity contribution >= 4 is 28.8 Å². The molecule has 1 atom stereocenters. The minimum absolute atomic E-state index is 0.506. The summed E-state index contributed by atoms with van der Waals surface area (Å²) in [5.74, 6) is 0. The number of alkyl halides is 1. The summed E-state index contributed by atoms with van der Waals surface area (Å²) in [6, 6.07) is 2.18. The van der Waals surface area contributed by atoms with Crippen LogP contribution in [0.4, 0.5) is 0 Å². The van der Waals surface area contributed by atoms with Gasteiger partial charge in [-0.05, 0) is 55.5 Å². The van der Waals surface area contributed by atoms with Crippen molar-refractivity contribution in [2.24, 2.45) is 0 Å². The van der Waals surface area contributed by atoms with Crippen molar-refractivity contribution in [2.75, 3.05) is 0 Å². The third-order valence-corrected chi connectivity index (χ3v) is 3.26. The summed E-state index contributed by atoms with van der Waals surface area (Å²) >= 11 is 2.43. The second-order valence-corrected chi connectivity index (χ2v) is 5.59. The molecule has 0 amide bonds. The quantitative estimate of drug-likeness (QED) is 0.483. The van der Waals surface area contributed by atoms with Gasteiger partial charge in [0.05, 0.1) is 0 Å². The van der Waals surface area contributed by atoms with Gasteiger partial charge in [0, 0.05) is 10.1 Å². The van der Waals surface area contributed by atoms with E-state index in [1.54, 1.807) is 0 Å². The fourth-order valence-electron chi connectivity index (χ4n) is 2.05. The van der Waals surface area contributed by atoms with Gasteiger partial charge in [-0.3, -0.25) is 0 Å². The third kappa shape index (κ3) is 2.00. The first kappa shape index (κ1) is 11.7. The van der Waals surface area contributed by atoms with E-state index in [0.717, 1.165) is 5.56 Å². The number of halogens is 1. The van der Waals surface area contributed by atoms with Crippen molar-refractivity contribution in [3.05, 3.63) is 33.9 Å². The highest BCUT2D eigenvalue weighted by atomic mass is 127. The van der Waals surface area contributed by atoms with Crippen molar-refractivity contribution in [3.63, 3.8) is 0 Å². The smallest absolute Gasteiger partial charge is 0.0336 e. The Morgan fingerprint density at radius 2 is 1.86 bits per heavy atom. The van der Waals surface area contributed by atoms with E-state index in [9.17, 15) is 0 Å². The molecule has 1 aromatic carbocycles. The Hall–Kier alpha value is -0.380. The zero-order valence-corrected chi connectivity index (χ0v) is 11.3. The lowest BCUT2D eigenvalue weighted by atomic mass is 9.93. The monoisotopic (exact) mass is 301 g/mol. The molecule has 0 saturated carbocycles. The van der Waals surface area contributed by atoms with Gasteiger partial charge in [0.2, 0.25) is 0 Å². The Labute approximate surface area is 99.6 Å². The van der Waals surface area contributed by atoms with Crippen LogP contribution in [0.3, 0.4) is 0 Å².